The Morgan fingerprint density at radius 1 is 0.972 bits per heavy atom. The van der Waals surface area contributed by atoms with Crippen molar-refractivity contribution >= 4 is 46.0 Å². The molecule has 9 N–H and O–H groups in total. The second-order valence-corrected chi connectivity index (χ2v) is 7.88. The lowest BCUT2D eigenvalue weighted by Crippen LogP contribution is -2.27. The highest BCUT2D eigenvalue weighted by molar-refractivity contribution is 6.01. The summed E-state index contributed by atoms with van der Waals surface area (Å²) in [4.78, 5) is 39.5. The summed E-state index contributed by atoms with van der Waals surface area (Å²) in [7, 11) is 0. The Morgan fingerprint density at radius 3 is 2.31 bits per heavy atom. The first-order valence-corrected chi connectivity index (χ1v) is 11.0. The average Bonchev–Trinajstić information content (AvgIpc) is 2.83. The molecule has 0 saturated heterocycles. The summed E-state index contributed by atoms with van der Waals surface area (Å²) in [5, 5.41) is 14.5. The number of amidine groups is 1. The third-order valence-electron chi connectivity index (χ3n) is 5.11. The molecule has 11 heteroatoms. The van der Waals surface area contributed by atoms with Gasteiger partial charge in [0, 0.05) is 30.3 Å². The normalized spacial score (nSPS) is 11.1. The number of guanidine groups is 1. The van der Waals surface area contributed by atoms with Crippen LogP contribution in [0.4, 0.5) is 5.69 Å². The number of nitrogens with zero attached hydrogens (tertiary/aromatic N) is 1. The van der Waals surface area contributed by atoms with Crippen molar-refractivity contribution < 1.29 is 19.1 Å². The highest BCUT2D eigenvalue weighted by Gasteiger charge is 2.16. The van der Waals surface area contributed by atoms with Gasteiger partial charge in [-0.3, -0.25) is 20.0 Å². The number of fused-ring (bicyclic) bond motifs is 1. The summed E-state index contributed by atoms with van der Waals surface area (Å²) in [6.07, 6.45) is -0.136. The molecule has 3 rings (SSSR count). The standard InChI is InChI=1S/C25H27N7O4/c1-14(33)30-10-11-31-25(29)32-18-6-2-15(3-7-18)24(35)36-21-9-5-16-12-17(23(27)28)4-8-19(16)20(21)13-22(26)34/h2-9,12H,10-11,13H2,1H3,(H2,26,34)(H3,27,28)(H,30,33)(H3,29,31,32). The number of benzene rings is 3. The van der Waals surface area contributed by atoms with E-state index in [0.29, 0.717) is 35.3 Å². The second kappa shape index (κ2) is 11.5. The number of hydrogen-bond acceptors (Lipinski definition) is 6. The molecule has 0 radical (unpaired) electrons. The Kier molecular flexibility index (Phi) is 8.18. The Hall–Kier alpha value is -4.93. The molecule has 3 aromatic carbocycles. The minimum absolute atomic E-state index is 0.0835. The van der Waals surface area contributed by atoms with Crippen LogP contribution in [-0.4, -0.2) is 42.7 Å². The number of ether oxygens (including phenoxy) is 1. The lowest BCUT2D eigenvalue weighted by atomic mass is 9.98. The van der Waals surface area contributed by atoms with Gasteiger partial charge in [0.05, 0.1) is 18.5 Å². The predicted molar refractivity (Wildman–Crippen MR) is 138 cm³/mol. The zero-order valence-corrected chi connectivity index (χ0v) is 19.6. The zero-order valence-electron chi connectivity index (χ0n) is 19.6. The molecule has 0 saturated carbocycles. The van der Waals surface area contributed by atoms with Crippen LogP contribution in [0.5, 0.6) is 5.75 Å². The minimum Gasteiger partial charge on any atom is -0.423 e. The summed E-state index contributed by atoms with van der Waals surface area (Å²) >= 11 is 0. The van der Waals surface area contributed by atoms with Gasteiger partial charge in [0.2, 0.25) is 11.8 Å². The topological polar surface area (TPSA) is 199 Å². The number of primary amides is 1. The number of nitrogen functional groups attached to an aromatic ring is 1. The summed E-state index contributed by atoms with van der Waals surface area (Å²) in [5.41, 5.74) is 18.7. The molecule has 0 atom stereocenters. The molecular formula is C25H27N7O4. The summed E-state index contributed by atoms with van der Waals surface area (Å²) in [5.74, 6) is -1.06. The number of aliphatic imine (C=N–C) groups is 1. The lowest BCUT2D eigenvalue weighted by molar-refractivity contribution is -0.119. The number of carbonyl (C=O) groups is 3. The SMILES string of the molecule is CC(=O)NCCN=C(N)Nc1ccc(C(=O)Oc2ccc3cc(C(=N)N)ccc3c2CC(N)=O)cc1. The Labute approximate surface area is 207 Å². The van der Waals surface area contributed by atoms with Gasteiger partial charge in [0.25, 0.3) is 0 Å². The third kappa shape index (κ3) is 6.79. The molecule has 0 unspecified atom stereocenters. The Bertz CT molecular complexity index is 1350. The predicted octanol–water partition coefficient (Wildman–Crippen LogP) is 1.23. The molecule has 186 valence electrons. The van der Waals surface area contributed by atoms with E-state index in [1.54, 1.807) is 54.6 Å². The molecule has 11 nitrogen and oxygen atoms in total. The molecule has 0 aliphatic rings. The van der Waals surface area contributed by atoms with E-state index in [1.165, 1.54) is 6.92 Å². The third-order valence-corrected chi connectivity index (χ3v) is 5.11. The van der Waals surface area contributed by atoms with Crippen molar-refractivity contribution in [3.63, 3.8) is 0 Å². The maximum atomic E-state index is 12.8. The summed E-state index contributed by atoms with van der Waals surface area (Å²) < 4.78 is 5.61. The molecular weight excluding hydrogens is 462 g/mol. The molecule has 3 aromatic rings. The first-order chi connectivity index (χ1) is 17.1. The average molecular weight is 490 g/mol. The second-order valence-electron chi connectivity index (χ2n) is 7.88. The number of hydrogen-bond donors (Lipinski definition) is 6. The van der Waals surface area contributed by atoms with Crippen LogP contribution in [0.1, 0.15) is 28.4 Å². The van der Waals surface area contributed by atoms with Gasteiger partial charge in [0.15, 0.2) is 5.96 Å². The van der Waals surface area contributed by atoms with Gasteiger partial charge in [0.1, 0.15) is 11.6 Å². The van der Waals surface area contributed by atoms with Crippen LogP contribution >= 0.6 is 0 Å². The van der Waals surface area contributed by atoms with Gasteiger partial charge >= 0.3 is 5.97 Å². The number of nitrogens with two attached hydrogens (primary N) is 3. The van der Waals surface area contributed by atoms with E-state index in [-0.39, 0.29) is 35.4 Å². The number of amides is 2. The number of rotatable bonds is 9. The number of anilines is 1. The highest BCUT2D eigenvalue weighted by Crippen LogP contribution is 2.30. The molecule has 0 bridgehead atoms. The summed E-state index contributed by atoms with van der Waals surface area (Å²) in [6.45, 7) is 2.10. The fourth-order valence-corrected chi connectivity index (χ4v) is 3.44. The summed E-state index contributed by atoms with van der Waals surface area (Å²) in [6, 6.07) is 14.8. The van der Waals surface area contributed by atoms with Crippen molar-refractivity contribution in [2.24, 2.45) is 22.2 Å². The van der Waals surface area contributed by atoms with Gasteiger partial charge in [-0.2, -0.15) is 0 Å². The highest BCUT2D eigenvalue weighted by atomic mass is 16.5. The monoisotopic (exact) mass is 489 g/mol. The molecule has 0 aromatic heterocycles. The van der Waals surface area contributed by atoms with E-state index in [9.17, 15) is 14.4 Å². The Morgan fingerprint density at radius 2 is 1.67 bits per heavy atom. The fourth-order valence-electron chi connectivity index (χ4n) is 3.44. The fraction of sp³-hybridized carbons (Fsp3) is 0.160. The molecule has 36 heavy (non-hydrogen) atoms. The van der Waals surface area contributed by atoms with Crippen LogP contribution in [0.25, 0.3) is 10.8 Å². The van der Waals surface area contributed by atoms with Crippen molar-refractivity contribution in [2.45, 2.75) is 13.3 Å². The van der Waals surface area contributed by atoms with Gasteiger partial charge in [-0.25, -0.2) is 4.79 Å². The molecule has 0 fully saturated rings. The van der Waals surface area contributed by atoms with E-state index < -0.39 is 11.9 Å². The molecule has 0 aliphatic heterocycles. The van der Waals surface area contributed by atoms with E-state index in [2.05, 4.69) is 15.6 Å². The van der Waals surface area contributed by atoms with Crippen LogP contribution in [0.2, 0.25) is 0 Å². The van der Waals surface area contributed by atoms with E-state index in [4.69, 9.17) is 27.3 Å². The first-order valence-electron chi connectivity index (χ1n) is 11.0. The van der Waals surface area contributed by atoms with Crippen LogP contribution < -0.4 is 32.6 Å². The van der Waals surface area contributed by atoms with E-state index in [0.717, 1.165) is 5.39 Å². The van der Waals surface area contributed by atoms with E-state index in [1.807, 2.05) is 0 Å². The largest absolute Gasteiger partial charge is 0.423 e. The minimum atomic E-state index is -0.621. The molecule has 2 amide bonds. The van der Waals surface area contributed by atoms with Crippen molar-refractivity contribution in [1.29, 1.82) is 5.41 Å². The van der Waals surface area contributed by atoms with Crippen LogP contribution in [0, 0.1) is 5.41 Å². The Balaban J connectivity index is 1.75. The van der Waals surface area contributed by atoms with Gasteiger partial charge < -0.3 is 32.6 Å². The van der Waals surface area contributed by atoms with Gasteiger partial charge in [-0.05, 0) is 47.2 Å². The smallest absolute Gasteiger partial charge is 0.343 e. The quantitative estimate of drug-likeness (QED) is 0.0853. The van der Waals surface area contributed by atoms with Gasteiger partial charge in [-0.15, -0.1) is 0 Å². The van der Waals surface area contributed by atoms with Crippen molar-refractivity contribution in [2.75, 3.05) is 18.4 Å². The van der Waals surface area contributed by atoms with Crippen molar-refractivity contribution in [1.82, 2.24) is 5.32 Å². The maximum Gasteiger partial charge on any atom is 0.343 e. The molecule has 0 heterocycles. The van der Waals surface area contributed by atoms with E-state index >= 15 is 0 Å². The van der Waals surface area contributed by atoms with Crippen LogP contribution in [0.15, 0.2) is 59.6 Å². The maximum absolute atomic E-state index is 12.8. The van der Waals surface area contributed by atoms with Crippen molar-refractivity contribution in [3.05, 3.63) is 71.3 Å². The van der Waals surface area contributed by atoms with Crippen LogP contribution in [-0.2, 0) is 16.0 Å². The van der Waals surface area contributed by atoms with Crippen LogP contribution in [0.3, 0.4) is 0 Å². The zero-order chi connectivity index (χ0) is 26.2. The lowest BCUT2D eigenvalue weighted by Gasteiger charge is -2.13. The molecule has 0 spiro atoms. The van der Waals surface area contributed by atoms with Crippen molar-refractivity contribution in [3.8, 4) is 5.75 Å². The number of esters is 1. The first kappa shape index (κ1) is 25.7. The number of carbonyl (C=O) groups excluding carboxylic acids is 3. The van der Waals surface area contributed by atoms with Gasteiger partial charge in [-0.1, -0.05) is 18.2 Å². The molecule has 0 aliphatic carbocycles. The number of nitrogens with one attached hydrogen (secondary N) is 3.